The van der Waals surface area contributed by atoms with Gasteiger partial charge < -0.3 is 10.6 Å². The normalized spacial score (nSPS) is 14.9. The maximum Gasteiger partial charge on any atom is 0.223 e. The molecule has 130 valence electrons. The Morgan fingerprint density at radius 2 is 2.04 bits per heavy atom. The molecule has 1 aromatic heterocycles. The van der Waals surface area contributed by atoms with E-state index in [1.165, 1.54) is 6.42 Å². The molecule has 0 aliphatic heterocycles. The molecule has 1 amide bonds. The first-order chi connectivity index (χ1) is 12.2. The summed E-state index contributed by atoms with van der Waals surface area (Å²) in [5, 5.41) is 16.5. The Labute approximate surface area is 148 Å². The average molecular weight is 336 g/mol. The maximum absolute atomic E-state index is 12.1. The van der Waals surface area contributed by atoms with Gasteiger partial charge in [-0.05, 0) is 37.5 Å². The lowest BCUT2D eigenvalue weighted by Crippen LogP contribution is -2.35. The van der Waals surface area contributed by atoms with E-state index in [1.807, 2.05) is 31.2 Å². The van der Waals surface area contributed by atoms with Crippen molar-refractivity contribution in [2.24, 2.45) is 5.92 Å². The number of anilines is 1. The molecule has 0 bridgehead atoms. The number of nitriles is 1. The Balaban J connectivity index is 1.59. The van der Waals surface area contributed by atoms with Gasteiger partial charge in [-0.2, -0.15) is 5.26 Å². The molecular formula is C20H24N4O. The molecule has 2 N–H and O–H groups in total. The van der Waals surface area contributed by atoms with Crippen LogP contribution >= 0.6 is 0 Å². The molecule has 1 aliphatic carbocycles. The second kappa shape index (κ2) is 7.98. The molecule has 1 aliphatic rings. The smallest absolute Gasteiger partial charge is 0.223 e. The van der Waals surface area contributed by atoms with Crippen LogP contribution < -0.4 is 10.6 Å². The molecule has 1 aromatic carbocycles. The third-order valence-electron chi connectivity index (χ3n) is 4.79. The standard InChI is InChI=1S/C20H24N4O/c1-14-7-8-16-12-17(13-21)19(24-18(16)11-14)22-9-10-23-20(25)15-5-3-2-4-6-15/h7-8,11-12,15H,2-6,9-10H2,1H3,(H,22,24)(H,23,25). The largest absolute Gasteiger partial charge is 0.367 e. The van der Waals surface area contributed by atoms with E-state index in [-0.39, 0.29) is 11.8 Å². The summed E-state index contributed by atoms with van der Waals surface area (Å²) in [7, 11) is 0. The van der Waals surface area contributed by atoms with E-state index in [0.717, 1.165) is 42.1 Å². The predicted molar refractivity (Wildman–Crippen MR) is 99.3 cm³/mol. The maximum atomic E-state index is 12.1. The van der Waals surface area contributed by atoms with Crippen LogP contribution in [0.1, 0.15) is 43.2 Å². The van der Waals surface area contributed by atoms with E-state index in [0.29, 0.717) is 24.5 Å². The van der Waals surface area contributed by atoms with Crippen molar-refractivity contribution in [2.45, 2.75) is 39.0 Å². The fourth-order valence-electron chi connectivity index (χ4n) is 3.37. The molecule has 0 unspecified atom stereocenters. The minimum atomic E-state index is 0.157. The van der Waals surface area contributed by atoms with E-state index in [4.69, 9.17) is 0 Å². The fraction of sp³-hybridized carbons (Fsp3) is 0.450. The van der Waals surface area contributed by atoms with Crippen molar-refractivity contribution in [1.82, 2.24) is 10.3 Å². The average Bonchev–Trinajstić information content (AvgIpc) is 2.65. The molecule has 0 radical (unpaired) electrons. The van der Waals surface area contributed by atoms with Crippen LogP contribution in [0.5, 0.6) is 0 Å². The van der Waals surface area contributed by atoms with Crippen molar-refractivity contribution in [3.8, 4) is 6.07 Å². The van der Waals surface area contributed by atoms with Crippen molar-refractivity contribution in [3.63, 3.8) is 0 Å². The number of aryl methyl sites for hydroxylation is 1. The van der Waals surface area contributed by atoms with Crippen LogP contribution in [0.2, 0.25) is 0 Å². The molecule has 1 heterocycles. The van der Waals surface area contributed by atoms with Gasteiger partial charge >= 0.3 is 0 Å². The first-order valence-corrected chi connectivity index (χ1v) is 9.00. The second-order valence-corrected chi connectivity index (χ2v) is 6.75. The second-order valence-electron chi connectivity index (χ2n) is 6.75. The number of hydrogen-bond donors (Lipinski definition) is 2. The molecular weight excluding hydrogens is 312 g/mol. The highest BCUT2D eigenvalue weighted by atomic mass is 16.1. The number of benzene rings is 1. The van der Waals surface area contributed by atoms with Crippen LogP contribution in [0.25, 0.3) is 10.9 Å². The Morgan fingerprint density at radius 1 is 1.24 bits per heavy atom. The zero-order chi connectivity index (χ0) is 17.6. The summed E-state index contributed by atoms with van der Waals surface area (Å²) in [6, 6.07) is 10.0. The van der Waals surface area contributed by atoms with E-state index in [2.05, 4.69) is 21.7 Å². The number of pyridine rings is 1. The number of carbonyl (C=O) groups is 1. The first kappa shape index (κ1) is 17.2. The van der Waals surface area contributed by atoms with E-state index in [9.17, 15) is 10.1 Å². The van der Waals surface area contributed by atoms with Crippen LogP contribution in [0.3, 0.4) is 0 Å². The Bertz CT molecular complexity index is 803. The third kappa shape index (κ3) is 4.27. The van der Waals surface area contributed by atoms with Gasteiger partial charge in [0.2, 0.25) is 5.91 Å². The van der Waals surface area contributed by atoms with Gasteiger partial charge in [-0.25, -0.2) is 4.98 Å². The van der Waals surface area contributed by atoms with Gasteiger partial charge in [-0.15, -0.1) is 0 Å². The quantitative estimate of drug-likeness (QED) is 0.819. The summed E-state index contributed by atoms with van der Waals surface area (Å²) in [5.74, 6) is 0.904. The summed E-state index contributed by atoms with van der Waals surface area (Å²) >= 11 is 0. The van der Waals surface area contributed by atoms with E-state index >= 15 is 0 Å². The van der Waals surface area contributed by atoms with Gasteiger partial charge in [0.1, 0.15) is 11.9 Å². The van der Waals surface area contributed by atoms with Gasteiger partial charge in [0.15, 0.2) is 0 Å². The van der Waals surface area contributed by atoms with Crippen LogP contribution in [0, 0.1) is 24.2 Å². The Morgan fingerprint density at radius 3 is 2.80 bits per heavy atom. The summed E-state index contributed by atoms with van der Waals surface area (Å²) in [6.07, 6.45) is 5.56. The summed E-state index contributed by atoms with van der Waals surface area (Å²) in [4.78, 5) is 16.7. The van der Waals surface area contributed by atoms with Crippen LogP contribution in [0.4, 0.5) is 5.82 Å². The topological polar surface area (TPSA) is 77.8 Å². The fourth-order valence-corrected chi connectivity index (χ4v) is 3.37. The van der Waals surface area contributed by atoms with Crippen molar-refractivity contribution >= 4 is 22.6 Å². The molecule has 5 nitrogen and oxygen atoms in total. The lowest BCUT2D eigenvalue weighted by atomic mass is 9.89. The van der Waals surface area contributed by atoms with Gasteiger partial charge in [-0.1, -0.05) is 31.4 Å². The zero-order valence-electron chi connectivity index (χ0n) is 14.6. The number of fused-ring (bicyclic) bond motifs is 1. The zero-order valence-corrected chi connectivity index (χ0v) is 14.6. The number of nitrogens with one attached hydrogen (secondary N) is 2. The Hall–Kier alpha value is -2.61. The number of rotatable bonds is 5. The van der Waals surface area contributed by atoms with Gasteiger partial charge in [0, 0.05) is 24.4 Å². The lowest BCUT2D eigenvalue weighted by molar-refractivity contribution is -0.125. The van der Waals surface area contributed by atoms with Crippen LogP contribution in [0.15, 0.2) is 24.3 Å². The number of aromatic nitrogens is 1. The minimum Gasteiger partial charge on any atom is -0.367 e. The molecule has 1 fully saturated rings. The lowest BCUT2D eigenvalue weighted by Gasteiger charge is -2.20. The monoisotopic (exact) mass is 336 g/mol. The summed E-state index contributed by atoms with van der Waals surface area (Å²) in [5.41, 5.74) is 2.53. The van der Waals surface area contributed by atoms with Crippen molar-refractivity contribution in [2.75, 3.05) is 18.4 Å². The highest BCUT2D eigenvalue weighted by Gasteiger charge is 2.20. The van der Waals surface area contributed by atoms with Crippen molar-refractivity contribution < 1.29 is 4.79 Å². The van der Waals surface area contributed by atoms with Gasteiger partial charge in [0.25, 0.3) is 0 Å². The van der Waals surface area contributed by atoms with Crippen LogP contribution in [-0.4, -0.2) is 24.0 Å². The molecule has 5 heteroatoms. The highest BCUT2D eigenvalue weighted by Crippen LogP contribution is 2.23. The molecule has 0 spiro atoms. The number of carbonyl (C=O) groups excluding carboxylic acids is 1. The molecule has 3 rings (SSSR count). The molecule has 2 aromatic rings. The van der Waals surface area contributed by atoms with Crippen LogP contribution in [-0.2, 0) is 4.79 Å². The van der Waals surface area contributed by atoms with Gasteiger partial charge in [0.05, 0.1) is 11.1 Å². The third-order valence-corrected chi connectivity index (χ3v) is 4.79. The Kier molecular flexibility index (Phi) is 5.49. The van der Waals surface area contributed by atoms with Crippen molar-refractivity contribution in [1.29, 1.82) is 5.26 Å². The summed E-state index contributed by atoms with van der Waals surface area (Å²) < 4.78 is 0. The highest BCUT2D eigenvalue weighted by molar-refractivity contribution is 5.83. The molecule has 0 saturated heterocycles. The summed E-state index contributed by atoms with van der Waals surface area (Å²) in [6.45, 7) is 3.11. The molecule has 0 atom stereocenters. The molecule has 25 heavy (non-hydrogen) atoms. The SMILES string of the molecule is Cc1ccc2cc(C#N)c(NCCNC(=O)C3CCCCC3)nc2c1. The predicted octanol–water partition coefficient (Wildman–Crippen LogP) is 3.52. The number of amides is 1. The number of nitrogens with zero attached hydrogens (tertiary/aromatic N) is 2. The van der Waals surface area contributed by atoms with E-state index in [1.54, 1.807) is 0 Å². The van der Waals surface area contributed by atoms with Crippen molar-refractivity contribution in [3.05, 3.63) is 35.4 Å². The first-order valence-electron chi connectivity index (χ1n) is 9.00. The van der Waals surface area contributed by atoms with Gasteiger partial charge in [-0.3, -0.25) is 4.79 Å². The molecule has 1 saturated carbocycles. The number of hydrogen-bond acceptors (Lipinski definition) is 4. The van der Waals surface area contributed by atoms with E-state index < -0.39 is 0 Å². The minimum absolute atomic E-state index is 0.157.